The molecule has 0 fully saturated rings. The van der Waals surface area contributed by atoms with Gasteiger partial charge in [0.05, 0.1) is 4.91 Å². The van der Waals surface area contributed by atoms with Gasteiger partial charge in [0.15, 0.2) is 0 Å². The maximum atomic E-state index is 12.4. The highest BCUT2D eigenvalue weighted by atomic mass is 32.2. The van der Waals surface area contributed by atoms with Gasteiger partial charge in [-0.05, 0) is 62.8 Å². The number of sulfonamides is 1. The van der Waals surface area contributed by atoms with Crippen molar-refractivity contribution >= 4 is 28.3 Å². The second-order valence-electron chi connectivity index (χ2n) is 7.84. The van der Waals surface area contributed by atoms with E-state index < -0.39 is 10.0 Å². The largest absolute Gasteiger partial charge is 0.273 e. The van der Waals surface area contributed by atoms with Crippen LogP contribution in [0.25, 0.3) is 6.08 Å². The first-order valence-electron chi connectivity index (χ1n) is 9.58. The fourth-order valence-corrected chi connectivity index (χ4v) is 4.74. The SMILES string of the molecule is CNS(=O)(=O)C1=C(/C=C/C(C)=C/C=C/C(C)=C/c2n[nH][nH]c2=S)C(C)(C)CCC1. The Labute approximate surface area is 178 Å². The second kappa shape index (κ2) is 9.65. The third kappa shape index (κ3) is 6.22. The van der Waals surface area contributed by atoms with Crippen molar-refractivity contribution in [2.45, 2.75) is 47.0 Å². The van der Waals surface area contributed by atoms with Gasteiger partial charge in [-0.25, -0.2) is 18.4 Å². The molecule has 0 amide bonds. The van der Waals surface area contributed by atoms with Crippen molar-refractivity contribution in [2.24, 2.45) is 5.41 Å². The van der Waals surface area contributed by atoms with E-state index in [1.54, 1.807) is 0 Å². The molecule has 2 rings (SSSR count). The molecule has 0 radical (unpaired) electrons. The van der Waals surface area contributed by atoms with Crippen LogP contribution in [0, 0.1) is 10.1 Å². The monoisotopic (exact) mass is 434 g/mol. The minimum atomic E-state index is -3.43. The van der Waals surface area contributed by atoms with Gasteiger partial charge in [-0.1, -0.05) is 62.0 Å². The number of aromatic amines is 2. The number of hydrogen-bond acceptors (Lipinski definition) is 4. The van der Waals surface area contributed by atoms with Gasteiger partial charge in [-0.2, -0.15) is 5.10 Å². The Morgan fingerprint density at radius 1 is 1.24 bits per heavy atom. The van der Waals surface area contributed by atoms with E-state index in [9.17, 15) is 8.42 Å². The van der Waals surface area contributed by atoms with E-state index in [-0.39, 0.29) is 5.41 Å². The fraction of sp³-hybridized carbons (Fsp3) is 0.429. The zero-order chi connectivity index (χ0) is 21.7. The van der Waals surface area contributed by atoms with E-state index in [0.717, 1.165) is 29.6 Å². The van der Waals surface area contributed by atoms with E-state index in [0.29, 0.717) is 21.7 Å². The second-order valence-corrected chi connectivity index (χ2v) is 10.2. The van der Waals surface area contributed by atoms with Crippen LogP contribution in [0.15, 0.2) is 52.0 Å². The van der Waals surface area contributed by atoms with Crippen molar-refractivity contribution in [2.75, 3.05) is 7.05 Å². The molecule has 1 heterocycles. The summed E-state index contributed by atoms with van der Waals surface area (Å²) in [6, 6.07) is 0. The Bertz CT molecular complexity index is 1050. The third-order valence-electron chi connectivity index (χ3n) is 5.00. The molecule has 8 heteroatoms. The lowest BCUT2D eigenvalue weighted by molar-refractivity contribution is 0.381. The fourth-order valence-electron chi connectivity index (χ4n) is 3.30. The summed E-state index contributed by atoms with van der Waals surface area (Å²) in [5.41, 5.74) is 3.46. The molecule has 1 aromatic heterocycles. The minimum absolute atomic E-state index is 0.175. The van der Waals surface area contributed by atoms with Crippen LogP contribution in [-0.4, -0.2) is 30.9 Å². The van der Waals surface area contributed by atoms with Gasteiger partial charge in [0.25, 0.3) is 0 Å². The van der Waals surface area contributed by atoms with Crippen molar-refractivity contribution < 1.29 is 8.42 Å². The van der Waals surface area contributed by atoms with Gasteiger partial charge >= 0.3 is 0 Å². The Morgan fingerprint density at radius 3 is 2.59 bits per heavy atom. The van der Waals surface area contributed by atoms with Crippen LogP contribution in [0.1, 0.15) is 52.7 Å². The molecule has 1 aliphatic rings. The van der Waals surface area contributed by atoms with E-state index in [1.807, 2.05) is 50.3 Å². The van der Waals surface area contributed by atoms with Crippen LogP contribution in [0.3, 0.4) is 0 Å². The van der Waals surface area contributed by atoms with Crippen molar-refractivity contribution in [3.05, 3.63) is 62.3 Å². The highest BCUT2D eigenvalue weighted by Crippen LogP contribution is 2.42. The summed E-state index contributed by atoms with van der Waals surface area (Å²) in [6.45, 7) is 8.17. The van der Waals surface area contributed by atoms with Crippen LogP contribution in [0.5, 0.6) is 0 Å². The lowest BCUT2D eigenvalue weighted by Crippen LogP contribution is -2.28. The van der Waals surface area contributed by atoms with Crippen molar-refractivity contribution in [1.82, 2.24) is 20.1 Å². The maximum Gasteiger partial charge on any atom is 0.236 e. The molecule has 0 aliphatic heterocycles. The van der Waals surface area contributed by atoms with E-state index >= 15 is 0 Å². The molecule has 29 heavy (non-hydrogen) atoms. The summed E-state index contributed by atoms with van der Waals surface area (Å²) < 4.78 is 27.9. The molecule has 0 spiro atoms. The zero-order valence-electron chi connectivity index (χ0n) is 17.7. The molecule has 0 bridgehead atoms. The average Bonchev–Trinajstić information content (AvgIpc) is 3.04. The van der Waals surface area contributed by atoms with Gasteiger partial charge in [0.1, 0.15) is 10.3 Å². The van der Waals surface area contributed by atoms with Gasteiger partial charge in [0, 0.05) is 0 Å². The first-order valence-corrected chi connectivity index (χ1v) is 11.5. The van der Waals surface area contributed by atoms with Crippen LogP contribution in [0.2, 0.25) is 0 Å². The number of H-pyrrole nitrogens is 2. The van der Waals surface area contributed by atoms with Gasteiger partial charge in [-0.15, -0.1) is 0 Å². The highest BCUT2D eigenvalue weighted by Gasteiger charge is 2.33. The van der Waals surface area contributed by atoms with Crippen molar-refractivity contribution in [1.29, 1.82) is 0 Å². The highest BCUT2D eigenvalue weighted by molar-refractivity contribution is 7.93. The maximum absolute atomic E-state index is 12.4. The lowest BCUT2D eigenvalue weighted by Gasteiger charge is -2.33. The molecule has 0 aromatic carbocycles. The number of nitrogens with one attached hydrogen (secondary N) is 3. The molecule has 1 aromatic rings. The Hall–Kier alpha value is -2.03. The first kappa shape index (κ1) is 23.3. The Kier molecular flexibility index (Phi) is 7.73. The number of hydrogen-bond donors (Lipinski definition) is 3. The molecule has 0 saturated carbocycles. The molecule has 0 unspecified atom stereocenters. The molecule has 158 valence electrons. The van der Waals surface area contributed by atoms with Crippen LogP contribution in [0.4, 0.5) is 0 Å². The summed E-state index contributed by atoms with van der Waals surface area (Å²) in [5.74, 6) is 0. The molecular formula is C21H30N4O2S2. The van der Waals surface area contributed by atoms with Gasteiger partial charge < -0.3 is 0 Å². The van der Waals surface area contributed by atoms with Crippen LogP contribution < -0.4 is 4.72 Å². The molecular weight excluding hydrogens is 404 g/mol. The van der Waals surface area contributed by atoms with Gasteiger partial charge in [-0.3, -0.25) is 5.10 Å². The first-order chi connectivity index (χ1) is 13.6. The number of allylic oxidation sites excluding steroid dienone is 9. The van der Waals surface area contributed by atoms with E-state index in [1.165, 1.54) is 7.05 Å². The number of rotatable bonds is 7. The molecule has 6 nitrogen and oxygen atoms in total. The zero-order valence-corrected chi connectivity index (χ0v) is 19.3. The quantitative estimate of drug-likeness (QED) is 0.419. The molecule has 0 atom stereocenters. The minimum Gasteiger partial charge on any atom is -0.273 e. The summed E-state index contributed by atoms with van der Waals surface area (Å²) in [7, 11) is -1.96. The summed E-state index contributed by atoms with van der Waals surface area (Å²) in [6.07, 6.45) is 14.2. The third-order valence-corrected chi connectivity index (χ3v) is 6.92. The summed E-state index contributed by atoms with van der Waals surface area (Å²) in [5, 5.41) is 9.44. The summed E-state index contributed by atoms with van der Waals surface area (Å²) >= 11 is 5.13. The average molecular weight is 435 g/mol. The molecule has 0 saturated heterocycles. The molecule has 3 N–H and O–H groups in total. The number of aromatic nitrogens is 3. The van der Waals surface area contributed by atoms with Crippen molar-refractivity contribution in [3.63, 3.8) is 0 Å². The standard InChI is InChI=1S/C21H30N4O2S2/c1-15(8-6-9-16(2)14-18-20(28)24-25-23-18)11-12-17-19(29(26,27)22-5)10-7-13-21(17,3)4/h6,8-9,11-12,14,22H,7,10,13H2,1-5H3,(H2,23,24,25,28)/b9-6+,12-11+,15-8+,16-14+. The predicted molar refractivity (Wildman–Crippen MR) is 122 cm³/mol. The van der Waals surface area contributed by atoms with E-state index in [4.69, 9.17) is 12.2 Å². The molecule has 1 aliphatic carbocycles. The predicted octanol–water partition coefficient (Wildman–Crippen LogP) is 4.94. The van der Waals surface area contributed by atoms with Crippen LogP contribution >= 0.6 is 12.2 Å². The smallest absolute Gasteiger partial charge is 0.236 e. The normalized spacial score (nSPS) is 18.9. The van der Waals surface area contributed by atoms with Crippen LogP contribution in [-0.2, 0) is 10.0 Å². The Morgan fingerprint density at radius 2 is 1.97 bits per heavy atom. The van der Waals surface area contributed by atoms with Crippen molar-refractivity contribution in [3.8, 4) is 0 Å². The summed E-state index contributed by atoms with van der Waals surface area (Å²) in [4.78, 5) is 0.505. The van der Waals surface area contributed by atoms with Gasteiger partial charge in [0.2, 0.25) is 10.0 Å². The number of nitrogens with zero attached hydrogens (tertiary/aromatic N) is 1. The van der Waals surface area contributed by atoms with E-state index in [2.05, 4.69) is 34.0 Å². The topological polar surface area (TPSA) is 90.6 Å². The Balaban J connectivity index is 2.23. The lowest BCUT2D eigenvalue weighted by atomic mass is 9.75.